The van der Waals surface area contributed by atoms with Gasteiger partial charge in [-0.2, -0.15) is 0 Å². The van der Waals surface area contributed by atoms with Gasteiger partial charge in [0.25, 0.3) is 0 Å². The van der Waals surface area contributed by atoms with Crippen molar-refractivity contribution in [3.8, 4) is 0 Å². The summed E-state index contributed by atoms with van der Waals surface area (Å²) < 4.78 is 0. The second-order valence-electron chi connectivity index (χ2n) is 4.36. The summed E-state index contributed by atoms with van der Waals surface area (Å²) in [5.74, 6) is 5.47. The molecule has 0 aliphatic heterocycles. The zero-order chi connectivity index (χ0) is 7.30. The number of hydrogen-bond acceptors (Lipinski definition) is 0. The minimum Gasteiger partial charge on any atom is -0.0651 e. The van der Waals surface area contributed by atoms with Gasteiger partial charge < -0.3 is 0 Å². The van der Waals surface area contributed by atoms with E-state index in [9.17, 15) is 0 Å². The highest BCUT2D eigenvalue weighted by Crippen LogP contribution is 2.62. The Morgan fingerprint density at radius 2 is 1.90 bits per heavy atom. The van der Waals surface area contributed by atoms with Crippen LogP contribution in [0.4, 0.5) is 0 Å². The summed E-state index contributed by atoms with van der Waals surface area (Å²) in [6, 6.07) is 0. The third-order valence-electron chi connectivity index (χ3n) is 4.09. The normalized spacial score (nSPS) is 58.5. The predicted molar refractivity (Wildman–Crippen MR) is 43.7 cm³/mol. The van der Waals surface area contributed by atoms with Crippen molar-refractivity contribution in [2.75, 3.05) is 0 Å². The van der Waals surface area contributed by atoms with Gasteiger partial charge in [0, 0.05) is 0 Å². The van der Waals surface area contributed by atoms with E-state index < -0.39 is 0 Å². The van der Waals surface area contributed by atoms with Crippen molar-refractivity contribution in [3.05, 3.63) is 0 Å². The Morgan fingerprint density at radius 3 is 2.30 bits per heavy atom. The molecule has 0 heterocycles. The molecule has 0 amide bonds. The van der Waals surface area contributed by atoms with Gasteiger partial charge in [0.05, 0.1) is 0 Å². The summed E-state index contributed by atoms with van der Waals surface area (Å²) in [6.07, 6.45) is 2.96. The zero-order valence-electron chi connectivity index (χ0n) is 7.30. The summed E-state index contributed by atoms with van der Waals surface area (Å²) in [4.78, 5) is 0. The molecule has 0 N–H and O–H groups in total. The molecule has 58 valence electrons. The van der Waals surface area contributed by atoms with Crippen LogP contribution in [-0.4, -0.2) is 0 Å². The Labute approximate surface area is 64.0 Å². The molecule has 5 unspecified atom stereocenters. The van der Waals surface area contributed by atoms with Gasteiger partial charge in [0.15, 0.2) is 0 Å². The summed E-state index contributed by atoms with van der Waals surface area (Å²) >= 11 is 0. The van der Waals surface area contributed by atoms with Gasteiger partial charge in [-0.05, 0) is 36.0 Å². The van der Waals surface area contributed by atoms with Crippen LogP contribution in [0.2, 0.25) is 0 Å². The van der Waals surface area contributed by atoms with Crippen LogP contribution in [0.25, 0.3) is 0 Å². The first-order valence-corrected chi connectivity index (χ1v) is 4.75. The fourth-order valence-electron chi connectivity index (χ4n) is 3.24. The van der Waals surface area contributed by atoms with Gasteiger partial charge in [0.1, 0.15) is 0 Å². The van der Waals surface area contributed by atoms with E-state index in [4.69, 9.17) is 0 Å². The molecule has 10 heavy (non-hydrogen) atoms. The quantitative estimate of drug-likeness (QED) is 0.522. The van der Waals surface area contributed by atoms with E-state index in [-0.39, 0.29) is 0 Å². The molecule has 0 aromatic carbocycles. The highest BCUT2D eigenvalue weighted by molar-refractivity contribution is 5.04. The molecule has 0 aromatic rings. The molecule has 2 aliphatic carbocycles. The maximum atomic E-state index is 2.46. The van der Waals surface area contributed by atoms with E-state index in [1.807, 2.05) is 0 Å². The Kier molecular flexibility index (Phi) is 1.33. The second-order valence-corrected chi connectivity index (χ2v) is 4.36. The first-order chi connectivity index (χ1) is 4.75. The van der Waals surface area contributed by atoms with E-state index in [2.05, 4.69) is 20.8 Å². The van der Waals surface area contributed by atoms with Gasteiger partial charge in [0.2, 0.25) is 0 Å². The Balaban J connectivity index is 2.00. The molecule has 0 heteroatoms. The van der Waals surface area contributed by atoms with E-state index in [1.165, 1.54) is 6.42 Å². The highest BCUT2D eigenvalue weighted by Gasteiger charge is 2.56. The average molecular weight is 138 g/mol. The lowest BCUT2D eigenvalue weighted by molar-refractivity contribution is 0.328. The molecule has 0 saturated heterocycles. The van der Waals surface area contributed by atoms with Crippen molar-refractivity contribution < 1.29 is 0 Å². The SMILES string of the molecule is CCC1CC2C(C)C2C1C. The van der Waals surface area contributed by atoms with Crippen molar-refractivity contribution >= 4 is 0 Å². The molecule has 0 aromatic heterocycles. The van der Waals surface area contributed by atoms with Crippen molar-refractivity contribution in [2.45, 2.75) is 33.6 Å². The molecule has 0 nitrogen and oxygen atoms in total. The molecular weight excluding hydrogens is 120 g/mol. The minimum atomic E-state index is 1.05. The Bertz CT molecular complexity index is 137. The fraction of sp³-hybridized carbons (Fsp3) is 1.00. The third kappa shape index (κ3) is 0.681. The van der Waals surface area contributed by atoms with Crippen LogP contribution in [0.15, 0.2) is 0 Å². The lowest BCUT2D eigenvalue weighted by Gasteiger charge is -2.17. The van der Waals surface area contributed by atoms with Crippen molar-refractivity contribution in [3.63, 3.8) is 0 Å². The molecular formula is C10H18. The smallest absolute Gasteiger partial charge is 0.0326 e. The topological polar surface area (TPSA) is 0 Å². The van der Waals surface area contributed by atoms with Gasteiger partial charge in [-0.25, -0.2) is 0 Å². The first kappa shape index (κ1) is 6.69. The molecule has 0 radical (unpaired) electrons. The lowest BCUT2D eigenvalue weighted by atomic mass is 9.89. The van der Waals surface area contributed by atoms with Crippen LogP contribution in [0.5, 0.6) is 0 Å². The molecule has 2 rings (SSSR count). The number of rotatable bonds is 1. The number of fused-ring (bicyclic) bond motifs is 1. The van der Waals surface area contributed by atoms with Crippen LogP contribution in [0.1, 0.15) is 33.6 Å². The fourth-order valence-corrected chi connectivity index (χ4v) is 3.24. The van der Waals surface area contributed by atoms with E-state index in [0.717, 1.165) is 29.6 Å². The lowest BCUT2D eigenvalue weighted by Crippen LogP contribution is -2.09. The van der Waals surface area contributed by atoms with Crippen molar-refractivity contribution in [1.82, 2.24) is 0 Å². The van der Waals surface area contributed by atoms with Gasteiger partial charge in [-0.1, -0.05) is 27.2 Å². The molecule has 0 bridgehead atoms. The van der Waals surface area contributed by atoms with Crippen LogP contribution in [-0.2, 0) is 0 Å². The van der Waals surface area contributed by atoms with Crippen LogP contribution >= 0.6 is 0 Å². The minimum absolute atomic E-state index is 1.05. The molecule has 2 aliphatic rings. The summed E-state index contributed by atoms with van der Waals surface area (Å²) in [7, 11) is 0. The van der Waals surface area contributed by atoms with E-state index in [0.29, 0.717) is 0 Å². The zero-order valence-corrected chi connectivity index (χ0v) is 7.30. The average Bonchev–Trinajstić information content (AvgIpc) is 2.38. The maximum absolute atomic E-state index is 2.46. The van der Waals surface area contributed by atoms with Crippen LogP contribution in [0, 0.1) is 29.6 Å². The summed E-state index contributed by atoms with van der Waals surface area (Å²) in [5, 5.41) is 0. The number of hydrogen-bond donors (Lipinski definition) is 0. The second kappa shape index (κ2) is 1.99. The molecule has 0 spiro atoms. The third-order valence-corrected chi connectivity index (χ3v) is 4.09. The van der Waals surface area contributed by atoms with Crippen LogP contribution in [0.3, 0.4) is 0 Å². The maximum Gasteiger partial charge on any atom is -0.0326 e. The monoisotopic (exact) mass is 138 g/mol. The van der Waals surface area contributed by atoms with E-state index >= 15 is 0 Å². The first-order valence-electron chi connectivity index (χ1n) is 4.75. The molecule has 2 saturated carbocycles. The highest BCUT2D eigenvalue weighted by atomic mass is 14.6. The van der Waals surface area contributed by atoms with Gasteiger partial charge in [-0.3, -0.25) is 0 Å². The summed E-state index contributed by atoms with van der Waals surface area (Å²) in [5.41, 5.74) is 0. The largest absolute Gasteiger partial charge is 0.0651 e. The molecule has 2 fully saturated rings. The van der Waals surface area contributed by atoms with Crippen molar-refractivity contribution in [1.29, 1.82) is 0 Å². The Morgan fingerprint density at radius 1 is 1.20 bits per heavy atom. The standard InChI is InChI=1S/C10H18/c1-4-8-5-9-7(3)10(9)6(8)2/h6-10H,4-5H2,1-3H3. The molecule has 5 atom stereocenters. The van der Waals surface area contributed by atoms with Gasteiger partial charge >= 0.3 is 0 Å². The van der Waals surface area contributed by atoms with E-state index in [1.54, 1.807) is 6.42 Å². The Hall–Kier alpha value is 0. The van der Waals surface area contributed by atoms with Gasteiger partial charge in [-0.15, -0.1) is 0 Å². The van der Waals surface area contributed by atoms with Crippen LogP contribution < -0.4 is 0 Å². The predicted octanol–water partition coefficient (Wildman–Crippen LogP) is 2.93. The van der Waals surface area contributed by atoms with Crippen molar-refractivity contribution in [2.24, 2.45) is 29.6 Å². The summed E-state index contributed by atoms with van der Waals surface area (Å²) in [6.45, 7) is 7.23.